The number of rotatable bonds is 13. The van der Waals surface area contributed by atoms with Crippen LogP contribution in [0.5, 0.6) is 5.75 Å². The number of benzene rings is 3. The standard InChI is InChI=1S/C37H39N5O7/c1-24(10-7-8-17-40-22-32(38-39-40)30(23-43)27-12-5-4-6-13-27)37(47)31-19-29(48-3)15-16-33(31)41(36(37)46)21-26-11-9-14-28(18-26)42-34(45)20-35(42)49-25(2)44/h4-7,9-16,18-19,22,24,30,35,43,47H,8,17,20-21,23H2,1-3H3/b10-7+/t24-,30?,35?,37+/m1/s1. The number of anilines is 2. The largest absolute Gasteiger partial charge is 0.497 e. The molecular formula is C37H39N5O7. The number of aryl methyl sites for hydroxylation is 1. The molecule has 12 nitrogen and oxygen atoms in total. The first kappa shape index (κ1) is 33.6. The Morgan fingerprint density at radius 2 is 1.90 bits per heavy atom. The highest BCUT2D eigenvalue weighted by atomic mass is 16.6. The zero-order valence-corrected chi connectivity index (χ0v) is 27.6. The van der Waals surface area contributed by atoms with Gasteiger partial charge in [-0.05, 0) is 47.9 Å². The lowest BCUT2D eigenvalue weighted by molar-refractivity contribution is -0.153. The minimum atomic E-state index is -1.86. The summed E-state index contributed by atoms with van der Waals surface area (Å²) >= 11 is 0. The van der Waals surface area contributed by atoms with Crippen LogP contribution in [0.3, 0.4) is 0 Å². The Morgan fingerprint density at radius 3 is 2.61 bits per heavy atom. The van der Waals surface area contributed by atoms with Crippen LogP contribution in [0, 0.1) is 5.92 Å². The average molecular weight is 666 g/mol. The van der Waals surface area contributed by atoms with Crippen LogP contribution in [0.4, 0.5) is 11.4 Å². The molecule has 12 heteroatoms. The van der Waals surface area contributed by atoms with Crippen molar-refractivity contribution in [3.8, 4) is 5.75 Å². The molecule has 0 bridgehead atoms. The molecule has 0 aliphatic carbocycles. The number of esters is 1. The van der Waals surface area contributed by atoms with E-state index in [1.165, 1.54) is 18.9 Å². The summed E-state index contributed by atoms with van der Waals surface area (Å²) in [7, 11) is 1.53. The van der Waals surface area contributed by atoms with Crippen LogP contribution in [0.1, 0.15) is 55.0 Å². The molecule has 4 atom stereocenters. The van der Waals surface area contributed by atoms with Crippen LogP contribution in [-0.2, 0) is 37.8 Å². The fourth-order valence-corrected chi connectivity index (χ4v) is 6.46. The first-order valence-corrected chi connectivity index (χ1v) is 16.2. The van der Waals surface area contributed by atoms with E-state index in [2.05, 4.69) is 10.3 Å². The zero-order chi connectivity index (χ0) is 34.7. The predicted molar refractivity (Wildman–Crippen MR) is 180 cm³/mol. The first-order chi connectivity index (χ1) is 23.6. The molecule has 2 amide bonds. The van der Waals surface area contributed by atoms with Crippen molar-refractivity contribution in [2.75, 3.05) is 23.5 Å². The number of aliphatic hydroxyl groups excluding tert-OH is 1. The molecule has 0 spiro atoms. The summed E-state index contributed by atoms with van der Waals surface area (Å²) in [6.07, 6.45) is 5.57. The molecule has 6 rings (SSSR count). The Bertz CT molecular complexity index is 1880. The summed E-state index contributed by atoms with van der Waals surface area (Å²) in [4.78, 5) is 41.0. The number of methoxy groups -OCH3 is 1. The number of amides is 2. The van der Waals surface area contributed by atoms with Crippen molar-refractivity contribution in [3.63, 3.8) is 0 Å². The molecule has 3 heterocycles. The van der Waals surface area contributed by atoms with Crippen molar-refractivity contribution in [1.82, 2.24) is 15.0 Å². The highest BCUT2D eigenvalue weighted by Gasteiger charge is 2.52. The molecule has 3 aromatic carbocycles. The zero-order valence-electron chi connectivity index (χ0n) is 27.6. The van der Waals surface area contributed by atoms with Gasteiger partial charge >= 0.3 is 5.97 Å². The maximum Gasteiger partial charge on any atom is 0.304 e. The summed E-state index contributed by atoms with van der Waals surface area (Å²) in [5.41, 5.74) is 2.05. The molecule has 1 fully saturated rings. The number of carbonyl (C=O) groups excluding carboxylic acids is 3. The minimum Gasteiger partial charge on any atom is -0.497 e. The summed E-state index contributed by atoms with van der Waals surface area (Å²) in [6.45, 7) is 3.66. The Labute approximate surface area is 284 Å². The highest BCUT2D eigenvalue weighted by Crippen LogP contribution is 2.47. The maximum atomic E-state index is 14.1. The fraction of sp³-hybridized carbons (Fsp3) is 0.324. The van der Waals surface area contributed by atoms with E-state index >= 15 is 0 Å². The number of hydrogen-bond donors (Lipinski definition) is 2. The van der Waals surface area contributed by atoms with E-state index in [0.29, 0.717) is 41.3 Å². The van der Waals surface area contributed by atoms with Crippen molar-refractivity contribution < 1.29 is 34.1 Å². The third kappa shape index (κ3) is 6.57. The molecule has 2 aliphatic rings. The monoisotopic (exact) mass is 665 g/mol. The van der Waals surface area contributed by atoms with Crippen LogP contribution in [0.25, 0.3) is 0 Å². The van der Waals surface area contributed by atoms with Gasteiger partial charge in [0, 0.05) is 36.8 Å². The number of β-lactam (4-membered cyclic amide) rings is 1. The van der Waals surface area contributed by atoms with E-state index in [0.717, 1.165) is 11.1 Å². The van der Waals surface area contributed by atoms with Crippen molar-refractivity contribution in [3.05, 3.63) is 114 Å². The molecular weight excluding hydrogens is 626 g/mol. The third-order valence-corrected chi connectivity index (χ3v) is 9.12. The van der Waals surface area contributed by atoms with Crippen molar-refractivity contribution >= 4 is 29.2 Å². The van der Waals surface area contributed by atoms with E-state index in [1.807, 2.05) is 54.7 Å². The lowest BCUT2D eigenvalue weighted by Gasteiger charge is -2.39. The summed E-state index contributed by atoms with van der Waals surface area (Å²) in [6, 6.07) is 22.0. The second-order valence-corrected chi connectivity index (χ2v) is 12.3. The number of fused-ring (bicyclic) bond motifs is 1. The van der Waals surface area contributed by atoms with Gasteiger partial charge in [-0.2, -0.15) is 0 Å². The van der Waals surface area contributed by atoms with Gasteiger partial charge in [0.2, 0.25) is 5.91 Å². The van der Waals surface area contributed by atoms with E-state index in [9.17, 15) is 24.6 Å². The SMILES string of the molecule is COc1ccc2c(c1)[C@@](O)([C@H](C)/C=C/CCn1cc(C(CO)c3ccccc3)nn1)C(=O)N2Cc1cccc(N2C(=O)CC2OC(C)=O)c1. The molecule has 2 N–H and O–H groups in total. The molecule has 1 saturated heterocycles. The quantitative estimate of drug-likeness (QED) is 0.123. The van der Waals surface area contributed by atoms with Crippen LogP contribution >= 0.6 is 0 Å². The number of carbonyl (C=O) groups is 3. The van der Waals surface area contributed by atoms with E-state index in [1.54, 1.807) is 52.9 Å². The van der Waals surface area contributed by atoms with Gasteiger partial charge in [0.25, 0.3) is 5.91 Å². The first-order valence-electron chi connectivity index (χ1n) is 16.2. The minimum absolute atomic E-state index is 0.0872. The van der Waals surface area contributed by atoms with Gasteiger partial charge in [0.15, 0.2) is 11.8 Å². The Morgan fingerprint density at radius 1 is 1.10 bits per heavy atom. The summed E-state index contributed by atoms with van der Waals surface area (Å²) < 4.78 is 12.4. The number of hydrogen-bond acceptors (Lipinski definition) is 9. The average Bonchev–Trinajstić information content (AvgIpc) is 3.64. The molecule has 254 valence electrons. The van der Waals surface area contributed by atoms with Crippen LogP contribution in [0.15, 0.2) is 91.1 Å². The van der Waals surface area contributed by atoms with Gasteiger partial charge in [0.05, 0.1) is 44.0 Å². The number of aliphatic hydroxyl groups is 2. The molecule has 49 heavy (non-hydrogen) atoms. The fourth-order valence-electron chi connectivity index (χ4n) is 6.46. The Kier molecular flexibility index (Phi) is 9.61. The second-order valence-electron chi connectivity index (χ2n) is 12.3. The number of allylic oxidation sites excluding steroid dienone is 1. The predicted octanol–water partition coefficient (Wildman–Crippen LogP) is 4.05. The number of nitrogens with zero attached hydrogens (tertiary/aromatic N) is 5. The molecule has 4 aromatic rings. The second kappa shape index (κ2) is 14.0. The molecule has 0 radical (unpaired) electrons. The van der Waals surface area contributed by atoms with Crippen LogP contribution in [0.2, 0.25) is 0 Å². The van der Waals surface area contributed by atoms with Crippen molar-refractivity contribution in [2.24, 2.45) is 5.92 Å². The summed E-state index contributed by atoms with van der Waals surface area (Å²) in [5.74, 6) is -1.48. The number of ether oxygens (including phenoxy) is 2. The third-order valence-electron chi connectivity index (χ3n) is 9.12. The smallest absolute Gasteiger partial charge is 0.304 e. The molecule has 0 saturated carbocycles. The van der Waals surface area contributed by atoms with Crippen molar-refractivity contribution in [2.45, 2.75) is 57.5 Å². The molecule has 2 unspecified atom stereocenters. The van der Waals surface area contributed by atoms with E-state index in [4.69, 9.17) is 9.47 Å². The Hall–Kier alpha value is -5.33. The van der Waals surface area contributed by atoms with E-state index in [-0.39, 0.29) is 31.4 Å². The lowest BCUT2D eigenvalue weighted by Crippen LogP contribution is -2.54. The van der Waals surface area contributed by atoms with Gasteiger partial charge in [-0.3, -0.25) is 24.0 Å². The topological polar surface area (TPSA) is 147 Å². The lowest BCUT2D eigenvalue weighted by atomic mass is 9.83. The van der Waals surface area contributed by atoms with Gasteiger partial charge < -0.3 is 24.6 Å². The molecule has 1 aromatic heterocycles. The van der Waals surface area contributed by atoms with Crippen molar-refractivity contribution in [1.29, 1.82) is 0 Å². The van der Waals surface area contributed by atoms with Gasteiger partial charge in [-0.25, -0.2) is 0 Å². The normalized spacial score (nSPS) is 19.9. The van der Waals surface area contributed by atoms with Crippen LogP contribution in [-0.4, -0.2) is 62.9 Å². The highest BCUT2D eigenvalue weighted by molar-refractivity contribution is 6.07. The Balaban J connectivity index is 1.17. The van der Waals surface area contributed by atoms with Gasteiger partial charge in [0.1, 0.15) is 5.75 Å². The molecule has 2 aliphatic heterocycles. The van der Waals surface area contributed by atoms with Crippen LogP contribution < -0.4 is 14.5 Å². The van der Waals surface area contributed by atoms with E-state index < -0.39 is 29.6 Å². The summed E-state index contributed by atoms with van der Waals surface area (Å²) in [5, 5.41) is 30.6. The van der Waals surface area contributed by atoms with Gasteiger partial charge in [-0.15, -0.1) is 5.10 Å². The maximum absolute atomic E-state index is 14.1. The van der Waals surface area contributed by atoms with Gasteiger partial charge in [-0.1, -0.05) is 66.8 Å². The number of aromatic nitrogens is 3.